The fourth-order valence-corrected chi connectivity index (χ4v) is 3.81. The number of halogens is 1. The van der Waals surface area contributed by atoms with E-state index in [0.717, 1.165) is 11.3 Å². The second kappa shape index (κ2) is 10.1. The van der Waals surface area contributed by atoms with Gasteiger partial charge in [-0.05, 0) is 25.1 Å². The van der Waals surface area contributed by atoms with Crippen molar-refractivity contribution in [1.29, 1.82) is 0 Å². The lowest BCUT2D eigenvalue weighted by atomic mass is 10.1. The smallest absolute Gasteiger partial charge is 0.230 e. The molecule has 0 saturated heterocycles. The fraction of sp³-hybridized carbons (Fsp3) is 0.227. The van der Waals surface area contributed by atoms with Gasteiger partial charge in [-0.15, -0.1) is 16.8 Å². The van der Waals surface area contributed by atoms with E-state index in [4.69, 9.17) is 4.74 Å². The van der Waals surface area contributed by atoms with Crippen LogP contribution in [0.2, 0.25) is 0 Å². The van der Waals surface area contributed by atoms with Crippen molar-refractivity contribution in [3.8, 4) is 17.1 Å². The van der Waals surface area contributed by atoms with Gasteiger partial charge in [-0.25, -0.2) is 4.39 Å². The molecule has 1 amide bonds. The summed E-state index contributed by atoms with van der Waals surface area (Å²) >= 11 is 1.24. The molecule has 3 aromatic rings. The molecule has 0 aliphatic rings. The summed E-state index contributed by atoms with van der Waals surface area (Å²) in [6.07, 6.45) is 1.68. The molecular formula is C22H23FN4O2S. The molecule has 0 radical (unpaired) electrons. The average Bonchev–Trinajstić information content (AvgIpc) is 3.15. The molecule has 0 spiro atoms. The molecule has 0 saturated carbocycles. The SMILES string of the molecule is C=CCn1c(SCC(=O)NC(C)c2ccccc2OC)nnc1-c1ccccc1F. The van der Waals surface area contributed by atoms with Gasteiger partial charge in [-0.2, -0.15) is 0 Å². The largest absolute Gasteiger partial charge is 0.496 e. The third-order valence-corrected chi connectivity index (χ3v) is 5.43. The predicted molar refractivity (Wildman–Crippen MR) is 116 cm³/mol. The Bertz CT molecular complexity index is 1040. The quantitative estimate of drug-likeness (QED) is 0.409. The van der Waals surface area contributed by atoms with E-state index in [-0.39, 0.29) is 23.5 Å². The molecule has 0 aliphatic carbocycles. The number of para-hydroxylation sites is 1. The maximum atomic E-state index is 14.2. The molecule has 1 unspecified atom stereocenters. The van der Waals surface area contributed by atoms with Crippen molar-refractivity contribution < 1.29 is 13.9 Å². The highest BCUT2D eigenvalue weighted by Crippen LogP contribution is 2.27. The van der Waals surface area contributed by atoms with Crippen molar-refractivity contribution in [3.05, 3.63) is 72.6 Å². The van der Waals surface area contributed by atoms with Crippen LogP contribution < -0.4 is 10.1 Å². The summed E-state index contributed by atoms with van der Waals surface area (Å²) in [5, 5.41) is 11.8. The molecule has 1 atom stereocenters. The van der Waals surface area contributed by atoms with Crippen molar-refractivity contribution in [1.82, 2.24) is 20.1 Å². The Balaban J connectivity index is 1.70. The Morgan fingerprint density at radius 1 is 1.27 bits per heavy atom. The number of thioether (sulfide) groups is 1. The number of ether oxygens (including phenoxy) is 1. The van der Waals surface area contributed by atoms with Crippen molar-refractivity contribution in [2.24, 2.45) is 0 Å². The number of carbonyl (C=O) groups excluding carboxylic acids is 1. The molecular weight excluding hydrogens is 403 g/mol. The van der Waals surface area contributed by atoms with Gasteiger partial charge >= 0.3 is 0 Å². The van der Waals surface area contributed by atoms with Crippen LogP contribution in [0.25, 0.3) is 11.4 Å². The Morgan fingerprint density at radius 2 is 2.00 bits per heavy atom. The van der Waals surface area contributed by atoms with Gasteiger partial charge in [0.25, 0.3) is 0 Å². The molecule has 3 rings (SSSR count). The number of rotatable bonds is 9. The van der Waals surface area contributed by atoms with E-state index in [0.29, 0.717) is 23.1 Å². The topological polar surface area (TPSA) is 69.0 Å². The number of allylic oxidation sites excluding steroid dienone is 1. The maximum Gasteiger partial charge on any atom is 0.230 e. The molecule has 1 aromatic heterocycles. The molecule has 6 nitrogen and oxygen atoms in total. The first kappa shape index (κ1) is 21.6. The maximum absolute atomic E-state index is 14.2. The zero-order valence-corrected chi connectivity index (χ0v) is 17.7. The second-order valence-electron chi connectivity index (χ2n) is 6.51. The van der Waals surface area contributed by atoms with E-state index >= 15 is 0 Å². The van der Waals surface area contributed by atoms with Crippen LogP contribution in [0.4, 0.5) is 4.39 Å². The average molecular weight is 427 g/mol. The first-order valence-electron chi connectivity index (χ1n) is 9.39. The van der Waals surface area contributed by atoms with Crippen molar-refractivity contribution >= 4 is 17.7 Å². The van der Waals surface area contributed by atoms with E-state index in [2.05, 4.69) is 22.1 Å². The van der Waals surface area contributed by atoms with E-state index in [1.807, 2.05) is 31.2 Å². The number of hydrogen-bond donors (Lipinski definition) is 1. The van der Waals surface area contributed by atoms with Crippen molar-refractivity contribution in [3.63, 3.8) is 0 Å². The van der Waals surface area contributed by atoms with E-state index < -0.39 is 0 Å². The summed E-state index contributed by atoms with van der Waals surface area (Å²) in [6.45, 7) is 6.05. The van der Waals surface area contributed by atoms with Gasteiger partial charge in [0.15, 0.2) is 11.0 Å². The number of benzene rings is 2. The lowest BCUT2D eigenvalue weighted by molar-refractivity contribution is -0.119. The second-order valence-corrected chi connectivity index (χ2v) is 7.45. The van der Waals surface area contributed by atoms with E-state index in [1.165, 1.54) is 17.8 Å². The lowest BCUT2D eigenvalue weighted by Crippen LogP contribution is -2.28. The number of nitrogens with one attached hydrogen (secondary N) is 1. The van der Waals surface area contributed by atoms with Gasteiger partial charge in [0, 0.05) is 12.1 Å². The molecule has 156 valence electrons. The highest BCUT2D eigenvalue weighted by molar-refractivity contribution is 7.99. The van der Waals surface area contributed by atoms with Crippen LogP contribution in [-0.2, 0) is 11.3 Å². The number of aromatic nitrogens is 3. The Kier molecular flexibility index (Phi) is 7.24. The molecule has 2 aromatic carbocycles. The number of methoxy groups -OCH3 is 1. The minimum atomic E-state index is -0.380. The van der Waals surface area contributed by atoms with Crippen LogP contribution in [0.3, 0.4) is 0 Å². The van der Waals surface area contributed by atoms with Crippen LogP contribution in [0.15, 0.2) is 66.3 Å². The summed E-state index contributed by atoms with van der Waals surface area (Å²) in [7, 11) is 1.60. The van der Waals surface area contributed by atoms with Gasteiger partial charge in [0.05, 0.1) is 24.5 Å². The third kappa shape index (κ3) is 4.88. The number of hydrogen-bond acceptors (Lipinski definition) is 5. The molecule has 0 bridgehead atoms. The van der Waals surface area contributed by atoms with Gasteiger partial charge < -0.3 is 10.1 Å². The Hall–Kier alpha value is -3.13. The summed E-state index contributed by atoms with van der Waals surface area (Å²) in [6, 6.07) is 13.7. The number of amides is 1. The number of carbonyl (C=O) groups is 1. The summed E-state index contributed by atoms with van der Waals surface area (Å²) < 4.78 is 21.3. The lowest BCUT2D eigenvalue weighted by Gasteiger charge is -2.17. The standard InChI is InChI=1S/C22H23FN4O2S/c1-4-13-27-21(17-10-5-7-11-18(17)23)25-26-22(27)30-14-20(28)24-15(2)16-9-6-8-12-19(16)29-3/h4-12,15H,1,13-14H2,2-3H3,(H,24,28). The molecule has 0 fully saturated rings. The van der Waals surface area contributed by atoms with Crippen LogP contribution >= 0.6 is 11.8 Å². The molecule has 30 heavy (non-hydrogen) atoms. The summed E-state index contributed by atoms with van der Waals surface area (Å²) in [4.78, 5) is 12.5. The Labute approximate surface area is 179 Å². The summed E-state index contributed by atoms with van der Waals surface area (Å²) in [5.74, 6) is 0.733. The van der Waals surface area contributed by atoms with Crippen molar-refractivity contribution in [2.75, 3.05) is 12.9 Å². The van der Waals surface area contributed by atoms with Crippen LogP contribution in [0, 0.1) is 5.82 Å². The minimum absolute atomic E-state index is 0.145. The van der Waals surface area contributed by atoms with Gasteiger partial charge in [0.2, 0.25) is 5.91 Å². The van der Waals surface area contributed by atoms with Gasteiger partial charge in [0.1, 0.15) is 11.6 Å². The van der Waals surface area contributed by atoms with Crippen LogP contribution in [0.5, 0.6) is 5.75 Å². The molecule has 1 heterocycles. The predicted octanol–water partition coefficient (Wildman–Crippen LogP) is 4.25. The molecule has 1 N–H and O–H groups in total. The molecule has 8 heteroatoms. The summed E-state index contributed by atoms with van der Waals surface area (Å²) in [5.41, 5.74) is 1.25. The monoisotopic (exact) mass is 426 g/mol. The minimum Gasteiger partial charge on any atom is -0.496 e. The van der Waals surface area contributed by atoms with Gasteiger partial charge in [-0.3, -0.25) is 9.36 Å². The van der Waals surface area contributed by atoms with E-state index in [1.54, 1.807) is 36.0 Å². The van der Waals surface area contributed by atoms with E-state index in [9.17, 15) is 9.18 Å². The fourth-order valence-electron chi connectivity index (χ4n) is 3.05. The highest BCUT2D eigenvalue weighted by atomic mass is 32.2. The molecule has 0 aliphatic heterocycles. The zero-order valence-electron chi connectivity index (χ0n) is 16.8. The Morgan fingerprint density at radius 3 is 2.73 bits per heavy atom. The zero-order chi connectivity index (χ0) is 21.5. The highest BCUT2D eigenvalue weighted by Gasteiger charge is 2.18. The van der Waals surface area contributed by atoms with Gasteiger partial charge in [-0.1, -0.05) is 48.2 Å². The first-order valence-corrected chi connectivity index (χ1v) is 10.4. The van der Waals surface area contributed by atoms with Crippen LogP contribution in [0.1, 0.15) is 18.5 Å². The third-order valence-electron chi connectivity index (χ3n) is 4.46. The van der Waals surface area contributed by atoms with Crippen molar-refractivity contribution in [2.45, 2.75) is 24.7 Å². The first-order chi connectivity index (χ1) is 14.5. The normalized spacial score (nSPS) is 11.7. The van der Waals surface area contributed by atoms with Crippen LogP contribution in [-0.4, -0.2) is 33.5 Å². The number of nitrogens with zero attached hydrogens (tertiary/aromatic N) is 3.